The molecule has 2 aromatic carbocycles. The van der Waals surface area contributed by atoms with Crippen LogP contribution in [-0.4, -0.2) is 35.5 Å². The summed E-state index contributed by atoms with van der Waals surface area (Å²) in [6, 6.07) is 14.4. The van der Waals surface area contributed by atoms with E-state index in [1.54, 1.807) is 24.3 Å². The second-order valence-electron chi connectivity index (χ2n) is 6.79. The van der Waals surface area contributed by atoms with Gasteiger partial charge in [-0.25, -0.2) is 0 Å². The zero-order chi connectivity index (χ0) is 21.1. The second-order valence-corrected chi connectivity index (χ2v) is 7.80. The first-order chi connectivity index (χ1) is 14.6. The molecule has 0 unspecified atom stereocenters. The summed E-state index contributed by atoms with van der Waals surface area (Å²) in [5.41, 5.74) is 1.73. The van der Waals surface area contributed by atoms with Gasteiger partial charge >= 0.3 is 0 Å². The van der Waals surface area contributed by atoms with Crippen molar-refractivity contribution in [3.63, 3.8) is 0 Å². The summed E-state index contributed by atoms with van der Waals surface area (Å²) >= 11 is 1.44. The van der Waals surface area contributed by atoms with E-state index in [9.17, 15) is 14.4 Å². The van der Waals surface area contributed by atoms with Crippen LogP contribution in [0.2, 0.25) is 0 Å². The first kappa shape index (κ1) is 20.2. The topological polar surface area (TPSA) is 81.0 Å². The van der Waals surface area contributed by atoms with Gasteiger partial charge in [-0.05, 0) is 37.3 Å². The molecule has 0 bridgehead atoms. The average molecular weight is 423 g/mol. The Kier molecular flexibility index (Phi) is 5.87. The Morgan fingerprint density at radius 3 is 2.63 bits per heavy atom. The van der Waals surface area contributed by atoms with Crippen LogP contribution < -0.4 is 9.70 Å². The predicted octanol–water partition coefficient (Wildman–Crippen LogP) is 3.13. The van der Waals surface area contributed by atoms with Crippen molar-refractivity contribution in [3.8, 4) is 0 Å². The summed E-state index contributed by atoms with van der Waals surface area (Å²) in [4.78, 5) is 43.0. The van der Waals surface area contributed by atoms with E-state index in [1.165, 1.54) is 11.3 Å². The van der Waals surface area contributed by atoms with Gasteiger partial charge in [-0.2, -0.15) is 4.99 Å². The molecule has 1 aromatic heterocycles. The van der Waals surface area contributed by atoms with Crippen LogP contribution in [0.1, 0.15) is 30.1 Å². The third-order valence-corrected chi connectivity index (χ3v) is 5.91. The number of hydrogen-bond acceptors (Lipinski definition) is 5. The summed E-state index contributed by atoms with van der Waals surface area (Å²) in [6.07, 6.45) is 0.395. The molecule has 7 nitrogen and oxygen atoms in total. The van der Waals surface area contributed by atoms with Gasteiger partial charge < -0.3 is 9.30 Å². The first-order valence-corrected chi connectivity index (χ1v) is 10.6. The van der Waals surface area contributed by atoms with Crippen LogP contribution in [-0.2, 0) is 20.9 Å². The maximum atomic E-state index is 12.9. The van der Waals surface area contributed by atoms with E-state index in [-0.39, 0.29) is 24.7 Å². The summed E-state index contributed by atoms with van der Waals surface area (Å²) in [6.45, 7) is 3.66. The SMILES string of the molecule is CCOCCn1c(=NC(=O)c2cccc(N3C(=O)CCC3=O)c2)sc2ccccc21. The fourth-order valence-electron chi connectivity index (χ4n) is 3.42. The minimum absolute atomic E-state index is 0.197. The molecule has 0 spiro atoms. The molecule has 0 atom stereocenters. The standard InChI is InChI=1S/C22H21N3O4S/c1-2-29-13-12-24-17-8-3-4-9-18(17)30-22(24)23-21(28)15-6-5-7-16(14-15)25-19(26)10-11-20(25)27/h3-9,14H,2,10-13H2,1H3. The average Bonchev–Trinajstić information content (AvgIpc) is 3.27. The molecule has 30 heavy (non-hydrogen) atoms. The lowest BCUT2D eigenvalue weighted by Crippen LogP contribution is -2.28. The Morgan fingerprint density at radius 1 is 1.10 bits per heavy atom. The highest BCUT2D eigenvalue weighted by Crippen LogP contribution is 2.24. The van der Waals surface area contributed by atoms with E-state index in [0.717, 1.165) is 15.1 Å². The maximum absolute atomic E-state index is 12.9. The van der Waals surface area contributed by atoms with E-state index >= 15 is 0 Å². The molecule has 154 valence electrons. The van der Waals surface area contributed by atoms with Crippen LogP contribution in [0.25, 0.3) is 10.2 Å². The Bertz CT molecular complexity index is 1180. The maximum Gasteiger partial charge on any atom is 0.279 e. The fourth-order valence-corrected chi connectivity index (χ4v) is 4.47. The number of nitrogens with zero attached hydrogens (tertiary/aromatic N) is 3. The molecule has 0 N–H and O–H groups in total. The minimum atomic E-state index is -0.423. The molecule has 0 aliphatic carbocycles. The number of ether oxygens (including phenoxy) is 1. The predicted molar refractivity (Wildman–Crippen MR) is 114 cm³/mol. The highest BCUT2D eigenvalue weighted by molar-refractivity contribution is 7.16. The van der Waals surface area contributed by atoms with E-state index in [4.69, 9.17) is 4.74 Å². The molecule has 3 aromatic rings. The Morgan fingerprint density at radius 2 is 1.87 bits per heavy atom. The van der Waals surface area contributed by atoms with Crippen molar-refractivity contribution in [2.75, 3.05) is 18.1 Å². The number of anilines is 1. The third-order valence-electron chi connectivity index (χ3n) is 4.85. The number of hydrogen-bond donors (Lipinski definition) is 0. The zero-order valence-electron chi connectivity index (χ0n) is 16.5. The van der Waals surface area contributed by atoms with E-state index in [1.807, 2.05) is 35.8 Å². The van der Waals surface area contributed by atoms with E-state index < -0.39 is 5.91 Å². The van der Waals surface area contributed by atoms with Crippen molar-refractivity contribution < 1.29 is 19.1 Å². The van der Waals surface area contributed by atoms with Gasteiger partial charge in [0.05, 0.1) is 22.5 Å². The van der Waals surface area contributed by atoms with Crippen LogP contribution in [0.4, 0.5) is 5.69 Å². The summed E-state index contributed by atoms with van der Waals surface area (Å²) in [5, 5.41) is 0. The lowest BCUT2D eigenvalue weighted by molar-refractivity contribution is -0.121. The summed E-state index contributed by atoms with van der Waals surface area (Å²) in [7, 11) is 0. The zero-order valence-corrected chi connectivity index (χ0v) is 17.4. The molecule has 2 heterocycles. The number of rotatable bonds is 6. The number of thiazole rings is 1. The van der Waals surface area contributed by atoms with Crippen LogP contribution >= 0.6 is 11.3 Å². The molecule has 1 saturated heterocycles. The second kappa shape index (κ2) is 8.73. The number of benzene rings is 2. The molecule has 1 aliphatic rings. The van der Waals surface area contributed by atoms with Crippen molar-refractivity contribution >= 4 is 45.0 Å². The molecule has 1 aliphatic heterocycles. The normalized spacial score (nSPS) is 14.8. The lowest BCUT2D eigenvalue weighted by Gasteiger charge is -2.14. The summed E-state index contributed by atoms with van der Waals surface area (Å²) < 4.78 is 8.49. The highest BCUT2D eigenvalue weighted by Gasteiger charge is 2.30. The van der Waals surface area contributed by atoms with Gasteiger partial charge in [-0.1, -0.05) is 29.5 Å². The van der Waals surface area contributed by atoms with Gasteiger partial charge in [0.2, 0.25) is 11.8 Å². The van der Waals surface area contributed by atoms with Crippen molar-refractivity contribution in [2.45, 2.75) is 26.3 Å². The van der Waals surface area contributed by atoms with Gasteiger partial charge in [0.1, 0.15) is 0 Å². The molecule has 0 saturated carbocycles. The van der Waals surface area contributed by atoms with Gasteiger partial charge in [0.15, 0.2) is 4.80 Å². The largest absolute Gasteiger partial charge is 0.380 e. The Hall–Kier alpha value is -3.10. The van der Waals surface area contributed by atoms with E-state index in [2.05, 4.69) is 4.99 Å². The highest BCUT2D eigenvalue weighted by atomic mass is 32.1. The number of para-hydroxylation sites is 1. The molecular formula is C22H21N3O4S. The van der Waals surface area contributed by atoms with Crippen molar-refractivity contribution in [1.82, 2.24) is 4.57 Å². The molecule has 1 fully saturated rings. The molecule has 3 amide bonds. The Labute approximate surface area is 177 Å². The molecule has 0 radical (unpaired) electrons. The first-order valence-electron chi connectivity index (χ1n) is 9.79. The van der Waals surface area contributed by atoms with Crippen LogP contribution in [0.15, 0.2) is 53.5 Å². The number of aromatic nitrogens is 1. The molecular weight excluding hydrogens is 402 g/mol. The quantitative estimate of drug-likeness (QED) is 0.451. The van der Waals surface area contributed by atoms with Gasteiger partial charge in [-0.15, -0.1) is 0 Å². The van der Waals surface area contributed by atoms with Crippen LogP contribution in [0.5, 0.6) is 0 Å². The van der Waals surface area contributed by atoms with Gasteiger partial charge in [0.25, 0.3) is 5.91 Å². The van der Waals surface area contributed by atoms with Crippen molar-refractivity contribution in [2.24, 2.45) is 4.99 Å². The van der Waals surface area contributed by atoms with Crippen LogP contribution in [0.3, 0.4) is 0 Å². The van der Waals surface area contributed by atoms with Gasteiger partial charge in [-0.3, -0.25) is 19.3 Å². The van der Waals surface area contributed by atoms with Crippen molar-refractivity contribution in [3.05, 3.63) is 58.9 Å². The number of amides is 3. The number of fused-ring (bicyclic) bond motifs is 1. The van der Waals surface area contributed by atoms with E-state index in [0.29, 0.717) is 35.8 Å². The Balaban J connectivity index is 1.70. The number of carbonyl (C=O) groups excluding carboxylic acids is 3. The minimum Gasteiger partial charge on any atom is -0.380 e. The van der Waals surface area contributed by atoms with Gasteiger partial charge in [0, 0.05) is 31.6 Å². The molecule has 4 rings (SSSR count). The van der Waals surface area contributed by atoms with Crippen molar-refractivity contribution in [1.29, 1.82) is 0 Å². The number of carbonyl (C=O) groups is 3. The third kappa shape index (κ3) is 3.96. The monoisotopic (exact) mass is 423 g/mol. The van der Waals surface area contributed by atoms with Crippen LogP contribution in [0, 0.1) is 0 Å². The number of imide groups is 1. The smallest absolute Gasteiger partial charge is 0.279 e. The fraction of sp³-hybridized carbons (Fsp3) is 0.273. The lowest BCUT2D eigenvalue weighted by atomic mass is 10.2. The summed E-state index contributed by atoms with van der Waals surface area (Å²) in [5.74, 6) is -0.924. The molecule has 8 heteroatoms.